The second-order valence-electron chi connectivity index (χ2n) is 8.60. The molecule has 0 saturated heterocycles. The molecule has 0 bridgehead atoms. The maximum Gasteiger partial charge on any atom is 0.265 e. The van der Waals surface area contributed by atoms with Gasteiger partial charge in [-0.1, -0.05) is 79.2 Å². The standard InChI is InChI=1S/C29H26ClNO4S/c1-4-29(35-36(3,33)34,27-11-6-5-10-26(27)20(2)32)23-9-7-8-21(18-23)12-16-25-17-14-22-13-15-24(30)19-28(22)31-25/h5-19H,4H2,1-3H3. The third kappa shape index (κ3) is 5.57. The molecular weight excluding hydrogens is 494 g/mol. The highest BCUT2D eigenvalue weighted by atomic mass is 35.5. The van der Waals surface area contributed by atoms with Crippen LogP contribution >= 0.6 is 11.6 Å². The van der Waals surface area contributed by atoms with Crippen LogP contribution < -0.4 is 0 Å². The number of ketones is 1. The molecule has 1 aromatic heterocycles. The highest BCUT2D eigenvalue weighted by Gasteiger charge is 2.39. The van der Waals surface area contributed by atoms with Gasteiger partial charge in [0.05, 0.1) is 17.5 Å². The topological polar surface area (TPSA) is 73.3 Å². The number of rotatable bonds is 8. The lowest BCUT2D eigenvalue weighted by Gasteiger charge is -2.34. The highest BCUT2D eigenvalue weighted by molar-refractivity contribution is 7.86. The molecule has 0 fully saturated rings. The lowest BCUT2D eigenvalue weighted by Crippen LogP contribution is -2.34. The van der Waals surface area contributed by atoms with Crippen LogP contribution in [0.25, 0.3) is 23.1 Å². The van der Waals surface area contributed by atoms with Gasteiger partial charge in [-0.15, -0.1) is 0 Å². The molecule has 1 unspecified atom stereocenters. The van der Waals surface area contributed by atoms with Crippen LogP contribution in [0.1, 0.15) is 53.0 Å². The van der Waals surface area contributed by atoms with Gasteiger partial charge in [-0.25, -0.2) is 4.98 Å². The Balaban J connectivity index is 1.80. The minimum absolute atomic E-state index is 0.168. The van der Waals surface area contributed by atoms with Crippen molar-refractivity contribution in [3.63, 3.8) is 0 Å². The van der Waals surface area contributed by atoms with Crippen molar-refractivity contribution >= 4 is 50.6 Å². The summed E-state index contributed by atoms with van der Waals surface area (Å²) in [6.07, 6.45) is 5.10. The number of hydrogen-bond acceptors (Lipinski definition) is 5. The van der Waals surface area contributed by atoms with E-state index >= 15 is 0 Å². The van der Waals surface area contributed by atoms with Crippen molar-refractivity contribution < 1.29 is 17.4 Å². The van der Waals surface area contributed by atoms with Crippen LogP contribution in [0.5, 0.6) is 0 Å². The van der Waals surface area contributed by atoms with E-state index < -0.39 is 15.7 Å². The second-order valence-corrected chi connectivity index (χ2v) is 10.6. The number of benzene rings is 3. The van der Waals surface area contributed by atoms with Gasteiger partial charge in [-0.05, 0) is 54.8 Å². The fourth-order valence-electron chi connectivity index (χ4n) is 4.38. The quantitative estimate of drug-likeness (QED) is 0.187. The molecule has 0 aliphatic carbocycles. The fourth-order valence-corrected chi connectivity index (χ4v) is 5.36. The average molecular weight is 520 g/mol. The number of carbonyl (C=O) groups is 1. The first-order chi connectivity index (χ1) is 17.1. The van der Waals surface area contributed by atoms with Gasteiger partial charge < -0.3 is 0 Å². The summed E-state index contributed by atoms with van der Waals surface area (Å²) in [6.45, 7) is 3.30. The molecule has 0 radical (unpaired) electrons. The van der Waals surface area contributed by atoms with E-state index in [0.29, 0.717) is 28.1 Å². The van der Waals surface area contributed by atoms with Crippen molar-refractivity contribution in [1.82, 2.24) is 4.98 Å². The molecule has 0 aliphatic heterocycles. The Morgan fingerprint density at radius 2 is 1.75 bits per heavy atom. The van der Waals surface area contributed by atoms with E-state index in [4.69, 9.17) is 15.8 Å². The Hall–Kier alpha value is -3.32. The van der Waals surface area contributed by atoms with E-state index in [1.165, 1.54) is 6.92 Å². The van der Waals surface area contributed by atoms with Crippen LogP contribution in [0.4, 0.5) is 0 Å². The number of halogens is 1. The summed E-state index contributed by atoms with van der Waals surface area (Å²) >= 11 is 6.11. The van der Waals surface area contributed by atoms with Crippen LogP contribution in [-0.2, 0) is 19.9 Å². The Morgan fingerprint density at radius 1 is 1.00 bits per heavy atom. The van der Waals surface area contributed by atoms with Crippen molar-refractivity contribution in [3.8, 4) is 0 Å². The predicted octanol–water partition coefficient (Wildman–Crippen LogP) is 6.89. The summed E-state index contributed by atoms with van der Waals surface area (Å²) in [4.78, 5) is 17.1. The molecule has 3 aromatic carbocycles. The Morgan fingerprint density at radius 3 is 2.47 bits per heavy atom. The zero-order valence-electron chi connectivity index (χ0n) is 20.2. The number of pyridine rings is 1. The monoisotopic (exact) mass is 519 g/mol. The molecule has 0 spiro atoms. The Labute approximate surface area is 216 Å². The maximum atomic E-state index is 12.4. The van der Waals surface area contributed by atoms with Gasteiger partial charge in [0.1, 0.15) is 5.60 Å². The Kier molecular flexibility index (Phi) is 7.41. The predicted molar refractivity (Wildman–Crippen MR) is 146 cm³/mol. The summed E-state index contributed by atoms with van der Waals surface area (Å²) in [6, 6.07) is 23.9. The summed E-state index contributed by atoms with van der Waals surface area (Å²) in [5.74, 6) is -0.168. The SMILES string of the molecule is CCC(OS(C)(=O)=O)(c1cccc(C=Cc2ccc3ccc(Cl)cc3n2)c1)c1ccccc1C(C)=O. The number of fused-ring (bicyclic) bond motifs is 1. The fraction of sp³-hybridized carbons (Fsp3) is 0.172. The minimum Gasteiger partial charge on any atom is -0.294 e. The molecule has 0 N–H and O–H groups in total. The third-order valence-electron chi connectivity index (χ3n) is 6.01. The normalized spacial score (nSPS) is 13.7. The summed E-state index contributed by atoms with van der Waals surface area (Å²) < 4.78 is 30.6. The van der Waals surface area contributed by atoms with Gasteiger partial charge in [0.15, 0.2) is 5.78 Å². The molecule has 1 atom stereocenters. The highest BCUT2D eigenvalue weighted by Crippen LogP contribution is 2.40. The zero-order valence-corrected chi connectivity index (χ0v) is 21.8. The van der Waals surface area contributed by atoms with Gasteiger partial charge in [0.25, 0.3) is 10.1 Å². The first-order valence-corrected chi connectivity index (χ1v) is 13.7. The molecule has 7 heteroatoms. The van der Waals surface area contributed by atoms with E-state index in [-0.39, 0.29) is 5.78 Å². The van der Waals surface area contributed by atoms with E-state index in [2.05, 4.69) is 4.98 Å². The lowest BCUT2D eigenvalue weighted by atomic mass is 9.80. The van der Waals surface area contributed by atoms with Crippen LogP contribution in [0.15, 0.2) is 78.9 Å². The first-order valence-electron chi connectivity index (χ1n) is 11.5. The zero-order chi connectivity index (χ0) is 25.9. The third-order valence-corrected chi connectivity index (χ3v) is 6.83. The van der Waals surface area contributed by atoms with E-state index in [1.54, 1.807) is 24.3 Å². The van der Waals surface area contributed by atoms with Gasteiger partial charge >= 0.3 is 0 Å². The van der Waals surface area contributed by atoms with Crippen LogP contribution in [0, 0.1) is 0 Å². The summed E-state index contributed by atoms with van der Waals surface area (Å²) in [5, 5.41) is 1.62. The molecule has 0 saturated carbocycles. The van der Waals surface area contributed by atoms with E-state index in [1.807, 2.05) is 73.7 Å². The average Bonchev–Trinajstić information content (AvgIpc) is 2.85. The molecule has 4 rings (SSSR count). The van der Waals surface area contributed by atoms with Gasteiger partial charge in [0, 0.05) is 21.5 Å². The maximum absolute atomic E-state index is 12.4. The molecule has 4 aromatic rings. The molecule has 0 amide bonds. The van der Waals surface area contributed by atoms with Gasteiger partial charge in [-0.3, -0.25) is 8.98 Å². The van der Waals surface area contributed by atoms with Crippen molar-refractivity contribution in [2.45, 2.75) is 25.9 Å². The smallest absolute Gasteiger partial charge is 0.265 e. The number of carbonyl (C=O) groups excluding carboxylic acids is 1. The van der Waals surface area contributed by atoms with Crippen molar-refractivity contribution in [1.29, 1.82) is 0 Å². The molecular formula is C29H26ClNO4S. The summed E-state index contributed by atoms with van der Waals surface area (Å²) in [5.41, 5.74) is 2.58. The summed E-state index contributed by atoms with van der Waals surface area (Å²) in [7, 11) is -3.88. The minimum atomic E-state index is -3.88. The van der Waals surface area contributed by atoms with Crippen LogP contribution in [-0.4, -0.2) is 25.4 Å². The van der Waals surface area contributed by atoms with Gasteiger partial charge in [0.2, 0.25) is 0 Å². The molecule has 184 valence electrons. The number of Topliss-reactive ketones (excluding diaryl/α,β-unsaturated/α-hetero) is 1. The van der Waals surface area contributed by atoms with E-state index in [0.717, 1.165) is 28.4 Å². The lowest BCUT2D eigenvalue weighted by molar-refractivity contribution is 0.0974. The van der Waals surface area contributed by atoms with Gasteiger partial charge in [-0.2, -0.15) is 8.42 Å². The largest absolute Gasteiger partial charge is 0.294 e. The second kappa shape index (κ2) is 10.3. The number of hydrogen-bond donors (Lipinski definition) is 0. The molecule has 5 nitrogen and oxygen atoms in total. The first kappa shape index (κ1) is 25.8. The van der Waals surface area contributed by atoms with Crippen LogP contribution in [0.3, 0.4) is 0 Å². The van der Waals surface area contributed by atoms with Crippen molar-refractivity contribution in [3.05, 3.63) is 112 Å². The molecule has 36 heavy (non-hydrogen) atoms. The molecule has 1 heterocycles. The van der Waals surface area contributed by atoms with E-state index in [9.17, 15) is 13.2 Å². The van der Waals surface area contributed by atoms with Crippen molar-refractivity contribution in [2.24, 2.45) is 0 Å². The Bertz CT molecular complexity index is 1580. The van der Waals surface area contributed by atoms with Crippen molar-refractivity contribution in [2.75, 3.05) is 6.26 Å². The van der Waals surface area contributed by atoms with Crippen LogP contribution in [0.2, 0.25) is 5.02 Å². The number of nitrogens with zero attached hydrogens (tertiary/aromatic N) is 1. The molecule has 0 aliphatic rings. The number of aromatic nitrogens is 1.